The molecule has 4 N–H and O–H groups in total. The van der Waals surface area contributed by atoms with Crippen molar-refractivity contribution in [3.8, 4) is 0 Å². The van der Waals surface area contributed by atoms with Crippen LogP contribution in [0.3, 0.4) is 0 Å². The van der Waals surface area contributed by atoms with Crippen LogP contribution < -0.4 is 0 Å². The van der Waals surface area contributed by atoms with Gasteiger partial charge in [-0.3, -0.25) is 0 Å². The molecule has 5 atom stereocenters. The second-order valence-electron chi connectivity index (χ2n) is 4.17. The van der Waals surface area contributed by atoms with Gasteiger partial charge in [-0.25, -0.2) is 0 Å². The van der Waals surface area contributed by atoms with Crippen molar-refractivity contribution in [1.82, 2.24) is 0 Å². The average Bonchev–Trinajstić information content (AvgIpc) is 2.26. The van der Waals surface area contributed by atoms with E-state index in [1.807, 2.05) is 13.8 Å². The molecule has 0 saturated heterocycles. The Morgan fingerprint density at radius 3 is 1.92 bits per heavy atom. The molecular formula is C9H18O4. The largest absolute Gasteiger partial charge is 0.393 e. The van der Waals surface area contributed by atoms with E-state index in [9.17, 15) is 20.4 Å². The molecule has 0 aliphatic heterocycles. The zero-order valence-corrected chi connectivity index (χ0v) is 7.96. The Morgan fingerprint density at radius 1 is 1.08 bits per heavy atom. The van der Waals surface area contributed by atoms with Gasteiger partial charge in [-0.1, -0.05) is 13.8 Å². The SMILES string of the molecule is CC(C)[C@H](O)C1C(O)C[C@@H](O)C1O. The predicted molar refractivity (Wildman–Crippen MR) is 47.0 cm³/mol. The number of aliphatic hydroxyl groups excluding tert-OH is 4. The van der Waals surface area contributed by atoms with Crippen molar-refractivity contribution in [3.63, 3.8) is 0 Å². The van der Waals surface area contributed by atoms with Gasteiger partial charge in [0.1, 0.15) is 0 Å². The minimum atomic E-state index is -1.01. The van der Waals surface area contributed by atoms with E-state index in [0.29, 0.717) is 0 Å². The van der Waals surface area contributed by atoms with Crippen LogP contribution in [0.15, 0.2) is 0 Å². The van der Waals surface area contributed by atoms with Crippen LogP contribution in [0.1, 0.15) is 20.3 Å². The Bertz CT molecular complexity index is 171. The van der Waals surface area contributed by atoms with E-state index in [0.717, 1.165) is 0 Å². The van der Waals surface area contributed by atoms with Crippen LogP contribution in [0.25, 0.3) is 0 Å². The molecule has 0 radical (unpaired) electrons. The first kappa shape index (κ1) is 10.9. The first-order valence-corrected chi connectivity index (χ1v) is 4.67. The lowest BCUT2D eigenvalue weighted by molar-refractivity contribution is -0.0569. The maximum absolute atomic E-state index is 9.65. The highest BCUT2D eigenvalue weighted by atomic mass is 16.3. The van der Waals surface area contributed by atoms with Gasteiger partial charge in [0, 0.05) is 12.3 Å². The fourth-order valence-corrected chi connectivity index (χ4v) is 1.90. The third kappa shape index (κ3) is 2.02. The molecule has 0 spiro atoms. The minimum Gasteiger partial charge on any atom is -0.393 e. The van der Waals surface area contributed by atoms with Crippen molar-refractivity contribution in [2.75, 3.05) is 0 Å². The van der Waals surface area contributed by atoms with Crippen molar-refractivity contribution in [2.24, 2.45) is 11.8 Å². The third-order valence-corrected chi connectivity index (χ3v) is 2.79. The van der Waals surface area contributed by atoms with Crippen LogP contribution >= 0.6 is 0 Å². The zero-order chi connectivity index (χ0) is 10.2. The topological polar surface area (TPSA) is 80.9 Å². The molecule has 13 heavy (non-hydrogen) atoms. The molecule has 0 bridgehead atoms. The smallest absolute Gasteiger partial charge is 0.0877 e. The summed E-state index contributed by atoms with van der Waals surface area (Å²) in [4.78, 5) is 0. The summed E-state index contributed by atoms with van der Waals surface area (Å²) < 4.78 is 0. The van der Waals surface area contributed by atoms with Crippen molar-refractivity contribution in [2.45, 2.75) is 44.7 Å². The molecular weight excluding hydrogens is 172 g/mol. The van der Waals surface area contributed by atoms with E-state index in [1.165, 1.54) is 0 Å². The maximum atomic E-state index is 9.65. The van der Waals surface area contributed by atoms with E-state index in [2.05, 4.69) is 0 Å². The van der Waals surface area contributed by atoms with Crippen molar-refractivity contribution >= 4 is 0 Å². The Hall–Kier alpha value is -0.160. The van der Waals surface area contributed by atoms with Gasteiger partial charge in [0.05, 0.1) is 24.4 Å². The van der Waals surface area contributed by atoms with E-state index >= 15 is 0 Å². The second kappa shape index (κ2) is 3.92. The molecule has 1 rings (SSSR count). The van der Waals surface area contributed by atoms with Gasteiger partial charge in [-0.15, -0.1) is 0 Å². The first-order valence-electron chi connectivity index (χ1n) is 4.67. The lowest BCUT2D eigenvalue weighted by atomic mass is 9.89. The maximum Gasteiger partial charge on any atom is 0.0877 e. The van der Waals surface area contributed by atoms with Crippen LogP contribution in [-0.2, 0) is 0 Å². The van der Waals surface area contributed by atoms with Gasteiger partial charge < -0.3 is 20.4 Å². The number of hydrogen-bond acceptors (Lipinski definition) is 4. The molecule has 0 aromatic rings. The fraction of sp³-hybridized carbons (Fsp3) is 1.00. The Kier molecular flexibility index (Phi) is 3.29. The Morgan fingerprint density at radius 2 is 1.62 bits per heavy atom. The Labute approximate surface area is 77.8 Å². The van der Waals surface area contributed by atoms with E-state index < -0.39 is 30.3 Å². The summed E-state index contributed by atoms with van der Waals surface area (Å²) in [5, 5.41) is 37.8. The molecule has 0 heterocycles. The van der Waals surface area contributed by atoms with Gasteiger partial charge in [-0.05, 0) is 5.92 Å². The van der Waals surface area contributed by atoms with E-state index in [-0.39, 0.29) is 12.3 Å². The average molecular weight is 190 g/mol. The molecule has 0 amide bonds. The third-order valence-electron chi connectivity index (χ3n) is 2.79. The molecule has 0 aromatic heterocycles. The zero-order valence-electron chi connectivity index (χ0n) is 7.96. The molecule has 1 aliphatic carbocycles. The standard InChI is InChI=1S/C9H18O4/c1-4(2)8(12)7-5(10)3-6(11)9(7)13/h4-13H,3H2,1-2H3/t5?,6-,7?,8+,9?/m1/s1. The Balaban J connectivity index is 2.68. The van der Waals surface area contributed by atoms with E-state index in [4.69, 9.17) is 0 Å². The summed E-state index contributed by atoms with van der Waals surface area (Å²) in [7, 11) is 0. The highest BCUT2D eigenvalue weighted by Crippen LogP contribution is 2.31. The van der Waals surface area contributed by atoms with Crippen molar-refractivity contribution in [1.29, 1.82) is 0 Å². The number of aliphatic hydroxyl groups is 4. The van der Waals surface area contributed by atoms with Crippen LogP contribution in [0.4, 0.5) is 0 Å². The first-order chi connectivity index (χ1) is 5.95. The van der Waals surface area contributed by atoms with Gasteiger partial charge in [0.25, 0.3) is 0 Å². The summed E-state index contributed by atoms with van der Waals surface area (Å²) >= 11 is 0. The van der Waals surface area contributed by atoms with Gasteiger partial charge in [0.15, 0.2) is 0 Å². The summed E-state index contributed by atoms with van der Waals surface area (Å²) in [6.45, 7) is 3.63. The molecule has 4 heteroatoms. The minimum absolute atomic E-state index is 0.0281. The summed E-state index contributed by atoms with van der Waals surface area (Å²) in [6, 6.07) is 0. The molecule has 3 unspecified atom stereocenters. The highest BCUT2D eigenvalue weighted by molar-refractivity contribution is 4.95. The lowest BCUT2D eigenvalue weighted by Gasteiger charge is -2.27. The van der Waals surface area contributed by atoms with Crippen LogP contribution in [0, 0.1) is 11.8 Å². The highest BCUT2D eigenvalue weighted by Gasteiger charge is 2.45. The monoisotopic (exact) mass is 190 g/mol. The molecule has 1 aliphatic rings. The number of hydrogen-bond donors (Lipinski definition) is 4. The van der Waals surface area contributed by atoms with Gasteiger partial charge in [-0.2, -0.15) is 0 Å². The van der Waals surface area contributed by atoms with Crippen LogP contribution in [0.2, 0.25) is 0 Å². The summed E-state index contributed by atoms with van der Waals surface area (Å²) in [6.07, 6.45) is -3.33. The molecule has 1 fully saturated rings. The second-order valence-corrected chi connectivity index (χ2v) is 4.17. The quantitative estimate of drug-likeness (QED) is 0.455. The lowest BCUT2D eigenvalue weighted by Crippen LogP contribution is -2.39. The molecule has 0 aromatic carbocycles. The van der Waals surface area contributed by atoms with Gasteiger partial charge in [0.2, 0.25) is 0 Å². The normalized spacial score (nSPS) is 42.7. The summed E-state index contributed by atoms with van der Waals surface area (Å²) in [5.41, 5.74) is 0. The predicted octanol–water partition coefficient (Wildman–Crippen LogP) is -0.894. The van der Waals surface area contributed by atoms with Crippen molar-refractivity contribution in [3.05, 3.63) is 0 Å². The molecule has 78 valence electrons. The van der Waals surface area contributed by atoms with E-state index in [1.54, 1.807) is 0 Å². The molecule has 1 saturated carbocycles. The van der Waals surface area contributed by atoms with Crippen LogP contribution in [-0.4, -0.2) is 44.8 Å². The van der Waals surface area contributed by atoms with Crippen LogP contribution in [0.5, 0.6) is 0 Å². The summed E-state index contributed by atoms with van der Waals surface area (Å²) in [5.74, 6) is -0.644. The fourth-order valence-electron chi connectivity index (χ4n) is 1.90. The van der Waals surface area contributed by atoms with Crippen molar-refractivity contribution < 1.29 is 20.4 Å². The number of rotatable bonds is 2. The molecule has 4 nitrogen and oxygen atoms in total. The van der Waals surface area contributed by atoms with Gasteiger partial charge >= 0.3 is 0 Å².